The zero-order chi connectivity index (χ0) is 15.5. The second-order valence-electron chi connectivity index (χ2n) is 5.26. The van der Waals surface area contributed by atoms with Gasteiger partial charge in [0.05, 0.1) is 6.10 Å². The number of aliphatic hydroxyl groups excluding tert-OH is 1. The van der Waals surface area contributed by atoms with Gasteiger partial charge in [0.1, 0.15) is 5.82 Å². The third kappa shape index (κ3) is 4.45. The van der Waals surface area contributed by atoms with Crippen molar-refractivity contribution in [2.24, 2.45) is 5.92 Å². The van der Waals surface area contributed by atoms with Gasteiger partial charge in [0.25, 0.3) is 0 Å². The summed E-state index contributed by atoms with van der Waals surface area (Å²) < 4.78 is 38.5. The van der Waals surface area contributed by atoms with Crippen LogP contribution in [0, 0.1) is 5.92 Å². The Labute approximate surface area is 121 Å². The van der Waals surface area contributed by atoms with Crippen molar-refractivity contribution in [3.63, 3.8) is 0 Å². The average molecular weight is 304 g/mol. The predicted octanol–water partition coefficient (Wildman–Crippen LogP) is 2.50. The van der Waals surface area contributed by atoms with Gasteiger partial charge in [-0.05, 0) is 25.2 Å². The summed E-state index contributed by atoms with van der Waals surface area (Å²) in [6.07, 6.45) is -2.68. The van der Waals surface area contributed by atoms with Crippen LogP contribution in [-0.4, -0.2) is 34.3 Å². The lowest BCUT2D eigenvalue weighted by molar-refractivity contribution is -0.141. The van der Waals surface area contributed by atoms with Crippen molar-refractivity contribution in [3.05, 3.63) is 11.8 Å². The van der Waals surface area contributed by atoms with Crippen LogP contribution in [0.15, 0.2) is 6.07 Å². The molecule has 1 aliphatic carbocycles. The van der Waals surface area contributed by atoms with Crippen LogP contribution in [0.25, 0.3) is 0 Å². The largest absolute Gasteiger partial charge is 0.433 e. The maximum atomic E-state index is 12.8. The summed E-state index contributed by atoms with van der Waals surface area (Å²) in [5.41, 5.74) is -0.966. The van der Waals surface area contributed by atoms with E-state index >= 15 is 0 Å². The lowest BCUT2D eigenvalue weighted by atomic mass is 9.82. The number of hydrogen-bond acceptors (Lipinski definition) is 5. The van der Waals surface area contributed by atoms with E-state index in [0.29, 0.717) is 25.9 Å². The van der Waals surface area contributed by atoms with Crippen LogP contribution in [0.1, 0.15) is 31.9 Å². The quantitative estimate of drug-likeness (QED) is 0.753. The molecule has 21 heavy (non-hydrogen) atoms. The van der Waals surface area contributed by atoms with Gasteiger partial charge < -0.3 is 15.7 Å². The van der Waals surface area contributed by atoms with Crippen molar-refractivity contribution in [3.8, 4) is 0 Å². The van der Waals surface area contributed by atoms with Crippen molar-refractivity contribution in [1.82, 2.24) is 9.97 Å². The average Bonchev–Trinajstić information content (AvgIpc) is 2.39. The van der Waals surface area contributed by atoms with Gasteiger partial charge in [-0.2, -0.15) is 18.2 Å². The molecule has 118 valence electrons. The number of rotatable bonds is 6. The molecule has 0 aromatic carbocycles. The highest BCUT2D eigenvalue weighted by atomic mass is 19.4. The van der Waals surface area contributed by atoms with Gasteiger partial charge in [0.15, 0.2) is 5.69 Å². The third-order valence-electron chi connectivity index (χ3n) is 3.33. The Kier molecular flexibility index (Phi) is 4.87. The van der Waals surface area contributed by atoms with Gasteiger partial charge in [-0.1, -0.05) is 6.92 Å². The molecule has 1 fully saturated rings. The Morgan fingerprint density at radius 3 is 2.57 bits per heavy atom. The molecule has 0 bridgehead atoms. The van der Waals surface area contributed by atoms with Crippen molar-refractivity contribution in [2.75, 3.05) is 23.7 Å². The summed E-state index contributed by atoms with van der Waals surface area (Å²) in [7, 11) is 0. The van der Waals surface area contributed by atoms with Crippen LogP contribution >= 0.6 is 0 Å². The summed E-state index contributed by atoms with van der Waals surface area (Å²) in [5.74, 6) is 0.400. The molecule has 0 amide bonds. The van der Waals surface area contributed by atoms with E-state index in [4.69, 9.17) is 0 Å². The Bertz CT molecular complexity index is 475. The van der Waals surface area contributed by atoms with Gasteiger partial charge in [-0.15, -0.1) is 0 Å². The van der Waals surface area contributed by atoms with E-state index in [9.17, 15) is 18.3 Å². The molecular weight excluding hydrogens is 285 g/mol. The molecule has 1 saturated carbocycles. The number of nitrogens with zero attached hydrogens (tertiary/aromatic N) is 2. The topological polar surface area (TPSA) is 70.1 Å². The number of nitrogens with one attached hydrogen (secondary N) is 2. The first-order valence-corrected chi connectivity index (χ1v) is 7.00. The Hall–Kier alpha value is -1.57. The molecule has 5 nitrogen and oxygen atoms in total. The van der Waals surface area contributed by atoms with Crippen LogP contribution in [0.2, 0.25) is 0 Å². The molecule has 0 unspecified atom stereocenters. The summed E-state index contributed by atoms with van der Waals surface area (Å²) >= 11 is 0. The number of alkyl halides is 3. The van der Waals surface area contributed by atoms with Crippen LogP contribution in [0.3, 0.4) is 0 Å². The number of aliphatic hydroxyl groups is 1. The molecule has 1 aromatic heterocycles. The van der Waals surface area contributed by atoms with E-state index in [-0.39, 0.29) is 23.8 Å². The second kappa shape index (κ2) is 6.46. The molecule has 2 rings (SSSR count). The maximum Gasteiger partial charge on any atom is 0.433 e. The van der Waals surface area contributed by atoms with E-state index in [0.717, 1.165) is 12.5 Å². The van der Waals surface area contributed by atoms with Gasteiger partial charge in [0, 0.05) is 19.2 Å². The minimum absolute atomic E-state index is 0.0252. The SMILES string of the molecule is CCCNc1nc(NCC2CC(O)C2)cc(C(F)(F)F)n1. The number of halogens is 3. The zero-order valence-electron chi connectivity index (χ0n) is 11.7. The maximum absolute atomic E-state index is 12.8. The summed E-state index contributed by atoms with van der Waals surface area (Å²) in [6, 6.07) is 0.909. The predicted molar refractivity (Wildman–Crippen MR) is 73.0 cm³/mol. The highest BCUT2D eigenvalue weighted by molar-refractivity contribution is 5.43. The third-order valence-corrected chi connectivity index (χ3v) is 3.33. The number of anilines is 2. The molecule has 1 aliphatic rings. The minimum atomic E-state index is -4.51. The Balaban J connectivity index is 2.06. The fraction of sp³-hybridized carbons (Fsp3) is 0.692. The van der Waals surface area contributed by atoms with Crippen molar-refractivity contribution >= 4 is 11.8 Å². The Morgan fingerprint density at radius 2 is 2.00 bits per heavy atom. The zero-order valence-corrected chi connectivity index (χ0v) is 11.7. The first-order chi connectivity index (χ1) is 9.88. The first-order valence-electron chi connectivity index (χ1n) is 7.00. The highest BCUT2D eigenvalue weighted by Crippen LogP contribution is 2.31. The Morgan fingerprint density at radius 1 is 1.29 bits per heavy atom. The highest BCUT2D eigenvalue weighted by Gasteiger charge is 2.34. The molecule has 3 N–H and O–H groups in total. The number of hydrogen-bond donors (Lipinski definition) is 3. The van der Waals surface area contributed by atoms with E-state index in [2.05, 4.69) is 20.6 Å². The monoisotopic (exact) mass is 304 g/mol. The fourth-order valence-electron chi connectivity index (χ4n) is 2.11. The van der Waals surface area contributed by atoms with Gasteiger partial charge >= 0.3 is 6.18 Å². The first kappa shape index (κ1) is 15.8. The van der Waals surface area contributed by atoms with Crippen LogP contribution in [-0.2, 0) is 6.18 Å². The molecule has 8 heteroatoms. The van der Waals surface area contributed by atoms with Crippen LogP contribution in [0.4, 0.5) is 24.9 Å². The van der Waals surface area contributed by atoms with Crippen molar-refractivity contribution in [1.29, 1.82) is 0 Å². The van der Waals surface area contributed by atoms with Crippen LogP contribution in [0.5, 0.6) is 0 Å². The fourth-order valence-corrected chi connectivity index (χ4v) is 2.11. The normalized spacial score (nSPS) is 21.8. The molecule has 0 atom stereocenters. The van der Waals surface area contributed by atoms with E-state index < -0.39 is 11.9 Å². The molecule has 0 spiro atoms. The summed E-state index contributed by atoms with van der Waals surface area (Å²) in [6.45, 7) is 2.91. The van der Waals surface area contributed by atoms with Crippen LogP contribution < -0.4 is 10.6 Å². The van der Waals surface area contributed by atoms with E-state index in [1.165, 1.54) is 0 Å². The summed E-state index contributed by atoms with van der Waals surface area (Å²) in [4.78, 5) is 7.53. The van der Waals surface area contributed by atoms with Crippen molar-refractivity contribution in [2.45, 2.75) is 38.5 Å². The molecular formula is C13H19F3N4O. The smallest absolute Gasteiger partial charge is 0.393 e. The lowest BCUT2D eigenvalue weighted by Gasteiger charge is -2.31. The molecule has 0 radical (unpaired) electrons. The molecule has 0 aliphatic heterocycles. The molecule has 1 heterocycles. The van der Waals surface area contributed by atoms with E-state index in [1.54, 1.807) is 0 Å². The van der Waals surface area contributed by atoms with Gasteiger partial charge in [-0.3, -0.25) is 0 Å². The summed E-state index contributed by atoms with van der Waals surface area (Å²) in [5, 5.41) is 14.9. The minimum Gasteiger partial charge on any atom is -0.393 e. The van der Waals surface area contributed by atoms with Gasteiger partial charge in [0.2, 0.25) is 5.95 Å². The molecule has 0 saturated heterocycles. The lowest BCUT2D eigenvalue weighted by Crippen LogP contribution is -2.33. The van der Waals surface area contributed by atoms with E-state index in [1.807, 2.05) is 6.92 Å². The van der Waals surface area contributed by atoms with Crippen molar-refractivity contribution < 1.29 is 18.3 Å². The second-order valence-corrected chi connectivity index (χ2v) is 5.26. The molecule has 1 aromatic rings. The van der Waals surface area contributed by atoms with Gasteiger partial charge in [-0.25, -0.2) is 4.98 Å². The standard InChI is InChI=1S/C13H19F3N4O/c1-2-3-17-12-19-10(13(14,15)16)6-11(20-12)18-7-8-4-9(21)5-8/h6,8-9,21H,2-5,7H2,1H3,(H2,17,18,19,20). The number of aromatic nitrogens is 2.